The predicted octanol–water partition coefficient (Wildman–Crippen LogP) is 4.54. The van der Waals surface area contributed by atoms with Crippen molar-refractivity contribution in [3.63, 3.8) is 0 Å². The van der Waals surface area contributed by atoms with Crippen LogP contribution in [0.25, 0.3) is 11.0 Å². The number of carbonyl (C=O) groups excluding carboxylic acids is 1. The maximum atomic E-state index is 14.2. The lowest BCUT2D eigenvalue weighted by Gasteiger charge is -2.37. The van der Waals surface area contributed by atoms with Gasteiger partial charge in [0.2, 0.25) is 21.7 Å². The molecule has 0 bridgehead atoms. The largest absolute Gasteiger partial charge is 0.475 e. The summed E-state index contributed by atoms with van der Waals surface area (Å²) in [5.74, 6) is -1.35. The van der Waals surface area contributed by atoms with Crippen molar-refractivity contribution in [1.29, 1.82) is 0 Å². The quantitative estimate of drug-likeness (QED) is 0.312. The molecule has 214 valence electrons. The SMILES string of the molecule is CC(=O)N1CCN(c2ccccc2CN(CCc2ccccc2)S(=O)(=O)c2ccc3oc(C(=O)O)c(C)c3c2)CC1. The van der Waals surface area contributed by atoms with Crippen LogP contribution >= 0.6 is 0 Å². The highest BCUT2D eigenvalue weighted by Crippen LogP contribution is 2.31. The Morgan fingerprint density at radius 1 is 0.951 bits per heavy atom. The molecular weight excluding hydrogens is 542 g/mol. The normalized spacial score (nSPS) is 14.1. The van der Waals surface area contributed by atoms with E-state index in [0.29, 0.717) is 49.1 Å². The molecule has 1 saturated heterocycles. The molecule has 0 atom stereocenters. The average molecular weight is 576 g/mol. The van der Waals surface area contributed by atoms with Gasteiger partial charge in [0.05, 0.1) is 4.90 Å². The lowest BCUT2D eigenvalue weighted by molar-refractivity contribution is -0.129. The minimum atomic E-state index is -3.98. The summed E-state index contributed by atoms with van der Waals surface area (Å²) in [4.78, 5) is 27.5. The molecule has 1 amide bonds. The summed E-state index contributed by atoms with van der Waals surface area (Å²) in [5, 5.41) is 9.91. The molecule has 4 aromatic rings. The van der Waals surface area contributed by atoms with Crippen LogP contribution in [0.1, 0.15) is 34.2 Å². The second-order valence-corrected chi connectivity index (χ2v) is 12.2. The van der Waals surface area contributed by atoms with E-state index in [1.54, 1.807) is 13.8 Å². The topological polar surface area (TPSA) is 111 Å². The van der Waals surface area contributed by atoms with Gasteiger partial charge >= 0.3 is 5.97 Å². The Bertz CT molecular complexity index is 1670. The highest BCUT2D eigenvalue weighted by Gasteiger charge is 2.28. The zero-order valence-electron chi connectivity index (χ0n) is 23.1. The Labute approximate surface area is 239 Å². The van der Waals surface area contributed by atoms with E-state index in [-0.39, 0.29) is 29.7 Å². The van der Waals surface area contributed by atoms with E-state index < -0.39 is 16.0 Å². The van der Waals surface area contributed by atoms with E-state index in [2.05, 4.69) is 4.90 Å². The van der Waals surface area contributed by atoms with Gasteiger partial charge in [0.15, 0.2) is 0 Å². The number of furan rings is 1. The van der Waals surface area contributed by atoms with Crippen molar-refractivity contribution in [2.45, 2.75) is 31.7 Å². The summed E-state index contributed by atoms with van der Waals surface area (Å²) < 4.78 is 35.3. The molecular formula is C31H33N3O6S. The third-order valence-corrected chi connectivity index (χ3v) is 9.48. The highest BCUT2D eigenvalue weighted by molar-refractivity contribution is 7.89. The van der Waals surface area contributed by atoms with Gasteiger partial charge in [0.1, 0.15) is 5.58 Å². The van der Waals surface area contributed by atoms with Crippen LogP contribution in [0, 0.1) is 6.92 Å². The second kappa shape index (κ2) is 11.8. The van der Waals surface area contributed by atoms with Gasteiger partial charge in [-0.15, -0.1) is 0 Å². The second-order valence-electron chi connectivity index (χ2n) is 10.2. The van der Waals surface area contributed by atoms with Crippen LogP contribution in [-0.2, 0) is 27.8 Å². The van der Waals surface area contributed by atoms with E-state index in [1.165, 1.54) is 22.5 Å². The number of benzene rings is 3. The molecule has 1 aliphatic rings. The number of fused-ring (bicyclic) bond motifs is 1. The first-order valence-electron chi connectivity index (χ1n) is 13.5. The number of carbonyl (C=O) groups is 2. The van der Waals surface area contributed by atoms with Crippen molar-refractivity contribution in [2.75, 3.05) is 37.6 Å². The number of amides is 1. The van der Waals surface area contributed by atoms with Crippen LogP contribution < -0.4 is 4.90 Å². The number of nitrogens with zero attached hydrogens (tertiary/aromatic N) is 3. The summed E-state index contributed by atoms with van der Waals surface area (Å²) in [5.41, 5.74) is 3.55. The summed E-state index contributed by atoms with van der Waals surface area (Å²) in [6.07, 6.45) is 0.523. The predicted molar refractivity (Wildman–Crippen MR) is 157 cm³/mol. The number of rotatable bonds is 9. The summed E-state index contributed by atoms with van der Waals surface area (Å²) in [6, 6.07) is 22.0. The minimum Gasteiger partial charge on any atom is -0.475 e. The molecule has 1 fully saturated rings. The van der Waals surface area contributed by atoms with Gasteiger partial charge in [-0.3, -0.25) is 4.79 Å². The Morgan fingerprint density at radius 2 is 1.63 bits per heavy atom. The molecule has 0 radical (unpaired) electrons. The molecule has 9 nitrogen and oxygen atoms in total. The molecule has 2 heterocycles. The molecule has 0 aliphatic carbocycles. The number of carboxylic acid groups (broad SMARTS) is 1. The highest BCUT2D eigenvalue weighted by atomic mass is 32.2. The van der Waals surface area contributed by atoms with Gasteiger partial charge < -0.3 is 19.3 Å². The number of para-hydroxylation sites is 1. The molecule has 1 aliphatic heterocycles. The van der Waals surface area contributed by atoms with E-state index in [4.69, 9.17) is 4.42 Å². The fourth-order valence-electron chi connectivity index (χ4n) is 5.30. The van der Waals surface area contributed by atoms with Crippen molar-refractivity contribution in [2.24, 2.45) is 0 Å². The third-order valence-electron chi connectivity index (χ3n) is 7.64. The van der Waals surface area contributed by atoms with Crippen molar-refractivity contribution < 1.29 is 27.5 Å². The maximum absolute atomic E-state index is 14.2. The lowest BCUT2D eigenvalue weighted by Crippen LogP contribution is -2.48. The van der Waals surface area contributed by atoms with E-state index in [1.807, 2.05) is 59.5 Å². The fourth-order valence-corrected chi connectivity index (χ4v) is 6.75. The number of hydrogen-bond acceptors (Lipinski definition) is 6. The first-order valence-corrected chi connectivity index (χ1v) is 15.0. The molecule has 0 saturated carbocycles. The van der Waals surface area contributed by atoms with Crippen molar-refractivity contribution in [1.82, 2.24) is 9.21 Å². The maximum Gasteiger partial charge on any atom is 0.372 e. The summed E-state index contributed by atoms with van der Waals surface area (Å²) in [7, 11) is -3.98. The Kier molecular flexibility index (Phi) is 8.14. The lowest BCUT2D eigenvalue weighted by atomic mass is 10.1. The number of hydrogen-bond donors (Lipinski definition) is 1. The zero-order chi connectivity index (χ0) is 29.1. The van der Waals surface area contributed by atoms with Crippen LogP contribution in [0.2, 0.25) is 0 Å². The number of sulfonamides is 1. The molecule has 1 aromatic heterocycles. The number of aromatic carboxylic acids is 1. The third kappa shape index (κ3) is 5.98. The van der Waals surface area contributed by atoms with Gasteiger partial charge in [-0.1, -0.05) is 48.5 Å². The Morgan fingerprint density at radius 3 is 2.32 bits per heavy atom. The van der Waals surface area contributed by atoms with E-state index in [0.717, 1.165) is 16.8 Å². The molecule has 1 N–H and O–H groups in total. The van der Waals surface area contributed by atoms with Gasteiger partial charge in [0, 0.05) is 62.8 Å². The number of aryl methyl sites for hydroxylation is 1. The molecule has 3 aromatic carbocycles. The van der Waals surface area contributed by atoms with Gasteiger partial charge in [0.25, 0.3) is 0 Å². The fraction of sp³-hybridized carbons (Fsp3) is 0.290. The smallest absolute Gasteiger partial charge is 0.372 e. The molecule has 0 spiro atoms. The average Bonchev–Trinajstić information content (AvgIpc) is 3.32. The monoisotopic (exact) mass is 575 g/mol. The summed E-state index contributed by atoms with van der Waals surface area (Å²) in [6.45, 7) is 6.14. The number of anilines is 1. The Balaban J connectivity index is 1.49. The zero-order valence-corrected chi connectivity index (χ0v) is 23.9. The van der Waals surface area contributed by atoms with Gasteiger partial charge in [-0.05, 0) is 48.7 Å². The van der Waals surface area contributed by atoms with Crippen LogP contribution in [-0.4, -0.2) is 67.3 Å². The minimum absolute atomic E-state index is 0.0522. The standard InChI is InChI=1S/C31H33N3O6S/c1-22-27-20-26(12-13-29(27)40-30(22)31(36)37)41(38,39)34(15-14-24-8-4-3-5-9-24)21-25-10-6-7-11-28(25)33-18-16-32(17-19-33)23(2)35/h3-13,20H,14-19,21H2,1-2H3,(H,36,37). The first-order chi connectivity index (χ1) is 19.6. The molecule has 41 heavy (non-hydrogen) atoms. The number of piperazine rings is 1. The van der Waals surface area contributed by atoms with E-state index in [9.17, 15) is 23.1 Å². The Hall–Kier alpha value is -4.15. The van der Waals surface area contributed by atoms with Crippen LogP contribution in [0.5, 0.6) is 0 Å². The van der Waals surface area contributed by atoms with Crippen LogP contribution in [0.4, 0.5) is 5.69 Å². The summed E-state index contributed by atoms with van der Waals surface area (Å²) >= 11 is 0. The molecule has 10 heteroatoms. The van der Waals surface area contributed by atoms with Crippen molar-refractivity contribution in [3.8, 4) is 0 Å². The van der Waals surface area contributed by atoms with Crippen molar-refractivity contribution in [3.05, 3.63) is 95.2 Å². The number of carboxylic acids is 1. The van der Waals surface area contributed by atoms with Crippen LogP contribution in [0.3, 0.4) is 0 Å². The first kappa shape index (κ1) is 28.4. The molecule has 5 rings (SSSR count). The van der Waals surface area contributed by atoms with Gasteiger partial charge in [-0.2, -0.15) is 4.31 Å². The molecule has 0 unspecified atom stereocenters. The van der Waals surface area contributed by atoms with Crippen molar-refractivity contribution >= 4 is 38.6 Å². The van der Waals surface area contributed by atoms with E-state index >= 15 is 0 Å². The van der Waals surface area contributed by atoms with Gasteiger partial charge in [-0.25, -0.2) is 13.2 Å². The van der Waals surface area contributed by atoms with Crippen LogP contribution in [0.15, 0.2) is 82.1 Å².